The Kier molecular flexibility index (Phi) is 6.55. The molecule has 9 heteroatoms. The Hall–Kier alpha value is -7.39. The van der Waals surface area contributed by atoms with E-state index in [1.807, 2.05) is 121 Å². The summed E-state index contributed by atoms with van der Waals surface area (Å²) in [5, 5.41) is 6.21. The molecule has 0 saturated heterocycles. The smallest absolute Gasteiger partial charge is 0.416 e. The van der Waals surface area contributed by atoms with Crippen LogP contribution in [0.15, 0.2) is 160 Å². The zero-order valence-electron chi connectivity index (χ0n) is 30.0. The molecule has 0 aliphatic rings. The second kappa shape index (κ2) is 11.6. The SMILES string of the molecule is Fc1cc(F)cc(-c2c(-n3c4ccccc4c4ccc5c6ccccc6oc5c43)cc(C(F)(F)F)cc2-n2c3ccccc3c3ccc4c5ccccc5oc4c32)c1. The van der Waals surface area contributed by atoms with E-state index in [1.54, 1.807) is 9.13 Å². The van der Waals surface area contributed by atoms with Gasteiger partial charge in [0.25, 0.3) is 0 Å². The van der Waals surface area contributed by atoms with E-state index in [0.29, 0.717) is 44.4 Å². The lowest BCUT2D eigenvalue weighted by atomic mass is 9.97. The fourth-order valence-corrected chi connectivity index (χ4v) is 9.08. The molecule has 0 fully saturated rings. The predicted molar refractivity (Wildman–Crippen MR) is 220 cm³/mol. The molecule has 0 aliphatic carbocycles. The summed E-state index contributed by atoms with van der Waals surface area (Å²) >= 11 is 0. The second-order valence-corrected chi connectivity index (χ2v) is 14.6. The van der Waals surface area contributed by atoms with Crippen molar-refractivity contribution in [3.8, 4) is 22.5 Å². The van der Waals surface area contributed by atoms with Crippen LogP contribution in [-0.4, -0.2) is 9.13 Å². The number of para-hydroxylation sites is 4. The van der Waals surface area contributed by atoms with Crippen LogP contribution in [0.5, 0.6) is 0 Å². The molecule has 0 N–H and O–H groups in total. The molecule has 0 atom stereocenters. The van der Waals surface area contributed by atoms with Gasteiger partial charge in [0.1, 0.15) is 22.8 Å². The molecule has 0 radical (unpaired) electrons. The van der Waals surface area contributed by atoms with Gasteiger partial charge in [0.2, 0.25) is 0 Å². The molecule has 4 aromatic heterocycles. The quantitative estimate of drug-likeness (QED) is 0.168. The first-order chi connectivity index (χ1) is 28.2. The molecular weight excluding hydrogens is 744 g/mol. The van der Waals surface area contributed by atoms with Crippen molar-refractivity contribution in [2.45, 2.75) is 6.18 Å². The molecule has 0 bridgehead atoms. The Balaban J connectivity index is 1.34. The molecular formula is C49H25F5N2O2. The summed E-state index contributed by atoms with van der Waals surface area (Å²) in [6.07, 6.45) is -4.84. The summed E-state index contributed by atoms with van der Waals surface area (Å²) in [4.78, 5) is 0. The topological polar surface area (TPSA) is 36.1 Å². The number of halogens is 5. The van der Waals surface area contributed by atoms with E-state index in [4.69, 9.17) is 8.83 Å². The van der Waals surface area contributed by atoms with E-state index >= 15 is 22.0 Å². The summed E-state index contributed by atoms with van der Waals surface area (Å²) in [5.74, 6) is -1.76. The van der Waals surface area contributed by atoms with Crippen molar-refractivity contribution in [3.05, 3.63) is 169 Å². The van der Waals surface area contributed by atoms with Crippen molar-refractivity contribution in [3.63, 3.8) is 0 Å². The van der Waals surface area contributed by atoms with Crippen LogP contribution >= 0.6 is 0 Å². The fraction of sp³-hybridized carbons (Fsp3) is 0.0204. The van der Waals surface area contributed by atoms with Gasteiger partial charge in [0.15, 0.2) is 11.2 Å². The average molecular weight is 769 g/mol. The highest BCUT2D eigenvalue weighted by atomic mass is 19.4. The number of hydrogen-bond donors (Lipinski definition) is 0. The minimum Gasteiger partial charge on any atom is -0.454 e. The number of aromatic nitrogens is 2. The zero-order valence-corrected chi connectivity index (χ0v) is 30.0. The first-order valence-corrected chi connectivity index (χ1v) is 18.6. The number of furan rings is 2. The molecule has 58 heavy (non-hydrogen) atoms. The van der Waals surface area contributed by atoms with Crippen LogP contribution in [0.2, 0.25) is 0 Å². The molecule has 0 amide bonds. The molecule has 8 aromatic carbocycles. The maximum Gasteiger partial charge on any atom is 0.416 e. The third kappa shape index (κ3) is 4.49. The third-order valence-corrected chi connectivity index (χ3v) is 11.4. The molecule has 0 saturated carbocycles. The highest BCUT2D eigenvalue weighted by Crippen LogP contribution is 2.48. The largest absolute Gasteiger partial charge is 0.454 e. The van der Waals surface area contributed by atoms with Gasteiger partial charge >= 0.3 is 6.18 Å². The summed E-state index contributed by atoms with van der Waals surface area (Å²) in [6, 6.07) is 42.9. The van der Waals surface area contributed by atoms with Crippen LogP contribution in [0.25, 0.3) is 110 Å². The van der Waals surface area contributed by atoms with E-state index in [0.717, 1.165) is 73.4 Å². The van der Waals surface area contributed by atoms with Crippen molar-refractivity contribution in [1.29, 1.82) is 0 Å². The van der Waals surface area contributed by atoms with Crippen molar-refractivity contribution in [1.82, 2.24) is 9.13 Å². The van der Waals surface area contributed by atoms with Crippen molar-refractivity contribution in [2.75, 3.05) is 0 Å². The van der Waals surface area contributed by atoms with Gasteiger partial charge in [-0.3, -0.25) is 0 Å². The Bertz CT molecular complexity index is 3480. The standard InChI is InChI=1S/C49H25F5N2O2/c50-28-21-26(22-29(51)25-28)44-40(55-38-13-5-1-9-30(38)34-17-19-36-32-11-3-7-15-42(32)57-47(36)45(34)55)23-27(49(52,53)54)24-41(44)56-39-14-6-2-10-31(39)35-18-20-37-33-12-4-8-16-43(33)58-48(37)46(35)56/h1-25H. The highest BCUT2D eigenvalue weighted by molar-refractivity contribution is 6.23. The number of alkyl halides is 3. The van der Waals surface area contributed by atoms with Gasteiger partial charge in [0, 0.05) is 54.7 Å². The average Bonchev–Trinajstić information content (AvgIpc) is 3.97. The van der Waals surface area contributed by atoms with E-state index < -0.39 is 23.4 Å². The minimum atomic E-state index is -4.84. The van der Waals surface area contributed by atoms with Crippen LogP contribution in [-0.2, 0) is 6.18 Å². The Morgan fingerprint density at radius 1 is 0.414 bits per heavy atom. The molecule has 4 nitrogen and oxygen atoms in total. The van der Waals surface area contributed by atoms with Crippen molar-refractivity contribution >= 4 is 87.5 Å². The van der Waals surface area contributed by atoms with Gasteiger partial charge in [-0.2, -0.15) is 13.2 Å². The fourth-order valence-electron chi connectivity index (χ4n) is 9.08. The molecule has 4 heterocycles. The Morgan fingerprint density at radius 3 is 1.29 bits per heavy atom. The third-order valence-electron chi connectivity index (χ3n) is 11.4. The molecule has 0 spiro atoms. The summed E-state index contributed by atoms with van der Waals surface area (Å²) in [6.45, 7) is 0. The molecule has 12 rings (SSSR count). The molecule has 12 aromatic rings. The predicted octanol–water partition coefficient (Wildman–Crippen LogP) is 14.6. The summed E-state index contributed by atoms with van der Waals surface area (Å²) < 4.78 is 94.3. The first kappa shape index (κ1) is 32.8. The first-order valence-electron chi connectivity index (χ1n) is 18.6. The lowest BCUT2D eigenvalue weighted by molar-refractivity contribution is -0.137. The van der Waals surface area contributed by atoms with Gasteiger partial charge in [0.05, 0.1) is 39.0 Å². The molecule has 0 aliphatic heterocycles. The normalized spacial score (nSPS) is 12.6. The lowest BCUT2D eigenvalue weighted by Gasteiger charge is -2.22. The van der Waals surface area contributed by atoms with Gasteiger partial charge in [-0.05, 0) is 66.2 Å². The minimum absolute atomic E-state index is 0.0432. The van der Waals surface area contributed by atoms with E-state index in [2.05, 4.69) is 0 Å². The van der Waals surface area contributed by atoms with E-state index in [-0.39, 0.29) is 22.5 Å². The van der Waals surface area contributed by atoms with Gasteiger partial charge in [-0.1, -0.05) is 84.9 Å². The van der Waals surface area contributed by atoms with Crippen LogP contribution in [0.3, 0.4) is 0 Å². The number of rotatable bonds is 3. The number of benzene rings is 8. The number of nitrogens with zero attached hydrogens (tertiary/aromatic N) is 2. The van der Waals surface area contributed by atoms with Crippen LogP contribution in [0.1, 0.15) is 5.56 Å². The zero-order chi connectivity index (χ0) is 39.0. The van der Waals surface area contributed by atoms with E-state index in [1.165, 1.54) is 0 Å². The van der Waals surface area contributed by atoms with Crippen LogP contribution in [0, 0.1) is 11.6 Å². The second-order valence-electron chi connectivity index (χ2n) is 14.6. The highest BCUT2D eigenvalue weighted by Gasteiger charge is 2.35. The maximum atomic E-state index is 15.6. The lowest BCUT2D eigenvalue weighted by Crippen LogP contribution is -2.11. The monoisotopic (exact) mass is 768 g/mol. The van der Waals surface area contributed by atoms with Crippen LogP contribution < -0.4 is 0 Å². The van der Waals surface area contributed by atoms with Gasteiger partial charge in [-0.25, -0.2) is 8.78 Å². The maximum absolute atomic E-state index is 15.6. The Morgan fingerprint density at radius 2 is 0.828 bits per heavy atom. The van der Waals surface area contributed by atoms with Crippen LogP contribution in [0.4, 0.5) is 22.0 Å². The van der Waals surface area contributed by atoms with Gasteiger partial charge in [-0.15, -0.1) is 0 Å². The number of fused-ring (bicyclic) bond motifs is 14. The summed E-state index contributed by atoms with van der Waals surface area (Å²) in [5.41, 5.74) is 3.69. The van der Waals surface area contributed by atoms with Gasteiger partial charge < -0.3 is 18.0 Å². The van der Waals surface area contributed by atoms with E-state index in [9.17, 15) is 0 Å². The number of hydrogen-bond acceptors (Lipinski definition) is 2. The van der Waals surface area contributed by atoms with Crippen molar-refractivity contribution < 1.29 is 30.8 Å². The summed E-state index contributed by atoms with van der Waals surface area (Å²) in [7, 11) is 0. The Labute approximate surface area is 324 Å². The molecule has 0 unspecified atom stereocenters. The molecule has 278 valence electrons. The van der Waals surface area contributed by atoms with Crippen molar-refractivity contribution in [2.24, 2.45) is 0 Å².